The predicted molar refractivity (Wildman–Crippen MR) is 96.2 cm³/mol. The molecule has 0 spiro atoms. The molecule has 0 saturated heterocycles. The third kappa shape index (κ3) is 25.8. The van der Waals surface area contributed by atoms with Crippen LogP contribution in [0.15, 0.2) is 0 Å². The molecule has 0 heterocycles. The third-order valence-corrected chi connectivity index (χ3v) is 3.36. The summed E-state index contributed by atoms with van der Waals surface area (Å²) in [5.41, 5.74) is 10.5. The van der Waals surface area contributed by atoms with E-state index in [4.69, 9.17) is 20.9 Å². The summed E-state index contributed by atoms with van der Waals surface area (Å²) in [7, 11) is 0. The van der Waals surface area contributed by atoms with Gasteiger partial charge < -0.3 is 40.7 Å². The molecule has 164 valence electrons. The van der Waals surface area contributed by atoms with Crippen molar-refractivity contribution >= 4 is 23.9 Å². The van der Waals surface area contributed by atoms with Gasteiger partial charge in [-0.05, 0) is 12.8 Å². The second-order valence-electron chi connectivity index (χ2n) is 6.11. The number of carbonyl (C=O) groups excluding carboxylic acids is 4. The molecule has 0 rings (SSSR count). The zero-order valence-corrected chi connectivity index (χ0v) is 22.6. The smallest absolute Gasteiger partial charge is 0.550 e. The molecule has 0 unspecified atom stereocenters. The molecule has 0 aliphatic rings. The average Bonchev–Trinajstić information content (AvgIpc) is 2.61. The minimum Gasteiger partial charge on any atom is -0.550 e. The molecule has 12 heteroatoms. The number of ether oxygens (including phenoxy) is 2. The zero-order chi connectivity index (χ0) is 21.9. The van der Waals surface area contributed by atoms with E-state index in [1.807, 2.05) is 13.8 Å². The molecule has 0 radical (unpaired) electrons. The van der Waals surface area contributed by atoms with Gasteiger partial charge in [-0.1, -0.05) is 39.5 Å². The summed E-state index contributed by atoms with van der Waals surface area (Å²) >= 11 is 0. The number of carboxylic acids is 2. The van der Waals surface area contributed by atoms with Gasteiger partial charge in [0.1, 0.15) is 12.1 Å². The maximum Gasteiger partial charge on any atom is 1.00 e. The van der Waals surface area contributed by atoms with Gasteiger partial charge in [-0.25, -0.2) is 0 Å². The second-order valence-corrected chi connectivity index (χ2v) is 6.11. The van der Waals surface area contributed by atoms with Crippen molar-refractivity contribution in [2.45, 2.75) is 77.3 Å². The summed E-state index contributed by atoms with van der Waals surface area (Å²) in [5, 5.41) is 20.2. The molecule has 0 bridgehead atoms. The SMILES string of the molecule is CCCCCOC(=O)[C@@H](N)CC(=O)[O-].CCCCCOC(=O)[C@@H](N)CC(=O)[O-].[Na+].[Na+]. The largest absolute Gasteiger partial charge is 1.00 e. The van der Waals surface area contributed by atoms with Crippen LogP contribution in [0.2, 0.25) is 0 Å². The maximum atomic E-state index is 11.0. The number of unbranched alkanes of at least 4 members (excludes halogenated alkanes) is 4. The van der Waals surface area contributed by atoms with E-state index in [-0.39, 0.29) is 59.1 Å². The van der Waals surface area contributed by atoms with Crippen LogP contribution in [0.5, 0.6) is 0 Å². The van der Waals surface area contributed by atoms with Crippen LogP contribution >= 0.6 is 0 Å². The van der Waals surface area contributed by atoms with Gasteiger partial charge in [0.15, 0.2) is 0 Å². The number of nitrogens with two attached hydrogens (primary N) is 2. The van der Waals surface area contributed by atoms with Gasteiger partial charge >= 0.3 is 71.1 Å². The molecule has 0 amide bonds. The molecule has 30 heavy (non-hydrogen) atoms. The fourth-order valence-corrected chi connectivity index (χ4v) is 1.79. The first-order chi connectivity index (χ1) is 13.1. The minimum atomic E-state index is -1.34. The van der Waals surface area contributed by atoms with Gasteiger partial charge in [0.25, 0.3) is 0 Å². The monoisotopic (exact) mass is 450 g/mol. The van der Waals surface area contributed by atoms with E-state index in [2.05, 4.69) is 0 Å². The van der Waals surface area contributed by atoms with Gasteiger partial charge in [-0.15, -0.1) is 0 Å². The van der Waals surface area contributed by atoms with E-state index in [1.54, 1.807) is 0 Å². The summed E-state index contributed by atoms with van der Waals surface area (Å²) in [6.45, 7) is 4.66. The minimum absolute atomic E-state index is 0. The molecule has 4 N–H and O–H groups in total. The fraction of sp³-hybridized carbons (Fsp3) is 0.778. The molecule has 10 nitrogen and oxygen atoms in total. The molecule has 2 atom stereocenters. The molecule has 0 fully saturated rings. The van der Waals surface area contributed by atoms with E-state index >= 15 is 0 Å². The summed E-state index contributed by atoms with van der Waals surface area (Å²) in [6, 6.07) is -2.22. The third-order valence-electron chi connectivity index (χ3n) is 3.36. The van der Waals surface area contributed by atoms with Crippen molar-refractivity contribution in [3.8, 4) is 0 Å². The Hall–Kier alpha value is -0.200. The van der Waals surface area contributed by atoms with Crippen molar-refractivity contribution in [3.63, 3.8) is 0 Å². The van der Waals surface area contributed by atoms with Crippen molar-refractivity contribution in [1.82, 2.24) is 0 Å². The molecule has 0 aromatic carbocycles. The van der Waals surface area contributed by atoms with E-state index in [0.717, 1.165) is 38.5 Å². The van der Waals surface area contributed by atoms with Gasteiger partial charge in [-0.2, -0.15) is 0 Å². The number of carboxylic acid groups (broad SMARTS) is 2. The van der Waals surface area contributed by atoms with E-state index in [1.165, 1.54) is 0 Å². The Labute approximate surface area is 222 Å². The first-order valence-electron chi connectivity index (χ1n) is 9.39. The number of carbonyl (C=O) groups is 4. The van der Waals surface area contributed by atoms with Crippen molar-refractivity contribution in [3.05, 3.63) is 0 Å². The zero-order valence-electron chi connectivity index (χ0n) is 18.6. The van der Waals surface area contributed by atoms with Crippen LogP contribution in [0.3, 0.4) is 0 Å². The summed E-state index contributed by atoms with van der Waals surface area (Å²) < 4.78 is 9.50. The Morgan fingerprint density at radius 2 is 1.00 bits per heavy atom. The Morgan fingerprint density at radius 1 is 0.700 bits per heavy atom. The molecule has 0 aliphatic carbocycles. The Bertz CT molecular complexity index is 439. The molecule has 0 aliphatic heterocycles. The van der Waals surface area contributed by atoms with Crippen LogP contribution in [0.4, 0.5) is 0 Å². The van der Waals surface area contributed by atoms with Crippen molar-refractivity contribution in [1.29, 1.82) is 0 Å². The van der Waals surface area contributed by atoms with Crippen molar-refractivity contribution in [2.24, 2.45) is 11.5 Å². The van der Waals surface area contributed by atoms with E-state index < -0.39 is 48.8 Å². The van der Waals surface area contributed by atoms with Gasteiger partial charge in [-0.3, -0.25) is 9.59 Å². The number of hydrogen-bond donors (Lipinski definition) is 2. The Morgan fingerprint density at radius 3 is 1.23 bits per heavy atom. The van der Waals surface area contributed by atoms with Crippen LogP contribution in [-0.2, 0) is 28.7 Å². The molecule has 0 saturated carbocycles. The Balaban J connectivity index is -0.000000211. The van der Waals surface area contributed by atoms with Crippen LogP contribution in [0.1, 0.15) is 65.2 Å². The second kappa shape index (κ2) is 25.1. The van der Waals surface area contributed by atoms with Gasteiger partial charge in [0.2, 0.25) is 0 Å². The first-order valence-corrected chi connectivity index (χ1v) is 9.39. The topological polar surface area (TPSA) is 185 Å². The van der Waals surface area contributed by atoms with Crippen LogP contribution in [0, 0.1) is 0 Å². The van der Waals surface area contributed by atoms with Crippen molar-refractivity contribution < 1.29 is 98.0 Å². The van der Waals surface area contributed by atoms with Crippen molar-refractivity contribution in [2.75, 3.05) is 13.2 Å². The summed E-state index contributed by atoms with van der Waals surface area (Å²) in [4.78, 5) is 42.2. The number of hydrogen-bond acceptors (Lipinski definition) is 10. The predicted octanol–water partition coefficient (Wildman–Crippen LogP) is -7.62. The molecular formula is C18H32N2Na2O8. The van der Waals surface area contributed by atoms with E-state index in [0.29, 0.717) is 13.2 Å². The van der Waals surface area contributed by atoms with Gasteiger partial charge in [0, 0.05) is 24.8 Å². The molecule has 0 aromatic heterocycles. The number of rotatable bonds is 14. The molecular weight excluding hydrogens is 418 g/mol. The summed E-state index contributed by atoms with van der Waals surface area (Å²) in [5.74, 6) is -4.04. The maximum absolute atomic E-state index is 11.0. The van der Waals surface area contributed by atoms with Crippen LogP contribution in [0.25, 0.3) is 0 Å². The first kappa shape index (κ1) is 37.1. The van der Waals surface area contributed by atoms with Gasteiger partial charge in [0.05, 0.1) is 13.2 Å². The standard InChI is InChI=1S/2C9H17NO4.2Na/c2*1-2-3-4-5-14-9(13)7(10)6-8(11)12;;/h2*7H,2-6,10H2,1H3,(H,11,12);;/q;;2*+1/p-2/t2*7-;;/m00../s1. The molecule has 0 aromatic rings. The Kier molecular flexibility index (Phi) is 31.0. The normalized spacial score (nSPS) is 11.3. The summed E-state index contributed by atoms with van der Waals surface area (Å²) in [6.07, 6.45) is 4.58. The quantitative estimate of drug-likeness (QED) is 0.146. The van der Waals surface area contributed by atoms with Crippen LogP contribution < -0.4 is 80.8 Å². The fourth-order valence-electron chi connectivity index (χ4n) is 1.79. The number of esters is 2. The number of aliphatic carboxylic acids is 2. The van der Waals surface area contributed by atoms with Crippen LogP contribution in [-0.4, -0.2) is 49.2 Å². The van der Waals surface area contributed by atoms with E-state index in [9.17, 15) is 29.4 Å². The average molecular weight is 450 g/mol.